The fraction of sp³-hybridized carbons (Fsp3) is 0.750. The van der Waals surface area contributed by atoms with Crippen molar-refractivity contribution in [1.82, 2.24) is 0 Å². The fourth-order valence-electron chi connectivity index (χ4n) is 0.706. The summed E-state index contributed by atoms with van der Waals surface area (Å²) in [7, 11) is 0. The molecule has 0 amide bonds. The smallest absolute Gasteiger partial charge is 0.0752 e. The highest BCUT2D eigenvalue weighted by molar-refractivity contribution is 5.03. The summed E-state index contributed by atoms with van der Waals surface area (Å²) in [5.41, 5.74) is 6.45. The third-order valence-corrected chi connectivity index (χ3v) is 1.62. The second-order valence-electron chi connectivity index (χ2n) is 3.11. The van der Waals surface area contributed by atoms with E-state index in [1.54, 1.807) is 0 Å². The number of hydrogen-bond donors (Lipinski definition) is 2. The van der Waals surface area contributed by atoms with Gasteiger partial charge >= 0.3 is 0 Å². The van der Waals surface area contributed by atoms with Crippen LogP contribution in [0.2, 0.25) is 0 Å². The Morgan fingerprint density at radius 3 is 2.00 bits per heavy atom. The van der Waals surface area contributed by atoms with Gasteiger partial charge in [0.25, 0.3) is 0 Å². The number of nitrogens with two attached hydrogens (primary N) is 1. The van der Waals surface area contributed by atoms with Gasteiger partial charge in [-0.05, 0) is 12.8 Å². The second-order valence-corrected chi connectivity index (χ2v) is 3.11. The summed E-state index contributed by atoms with van der Waals surface area (Å²) in [6.45, 7) is 9.38. The highest BCUT2D eigenvalue weighted by Gasteiger charge is 2.17. The average molecular weight is 143 g/mol. The van der Waals surface area contributed by atoms with Crippen LogP contribution >= 0.6 is 0 Å². The molecule has 0 aromatic carbocycles. The van der Waals surface area contributed by atoms with Crippen LogP contribution in [0.15, 0.2) is 12.2 Å². The first-order chi connectivity index (χ1) is 4.46. The maximum Gasteiger partial charge on any atom is 0.0752 e. The summed E-state index contributed by atoms with van der Waals surface area (Å²) in [4.78, 5) is 0. The largest absolute Gasteiger partial charge is 0.391 e. The molecular formula is C8H17NO. The zero-order chi connectivity index (χ0) is 8.31. The van der Waals surface area contributed by atoms with E-state index in [1.165, 1.54) is 0 Å². The minimum atomic E-state index is -0.461. The van der Waals surface area contributed by atoms with Gasteiger partial charge in [0, 0.05) is 0 Å². The molecule has 2 nitrogen and oxygen atoms in total. The third kappa shape index (κ3) is 2.50. The van der Waals surface area contributed by atoms with Crippen molar-refractivity contribution in [3.8, 4) is 0 Å². The van der Waals surface area contributed by atoms with Crippen molar-refractivity contribution < 1.29 is 5.11 Å². The number of aliphatic hydroxyl groups excluding tert-OH is 1. The van der Waals surface area contributed by atoms with E-state index in [1.807, 2.05) is 20.8 Å². The Kier molecular flexibility index (Phi) is 3.61. The zero-order valence-electron chi connectivity index (χ0n) is 6.96. The average Bonchev–Trinajstić information content (AvgIpc) is 1.84. The first-order valence-corrected chi connectivity index (χ1v) is 3.56. The van der Waals surface area contributed by atoms with Crippen molar-refractivity contribution in [1.29, 1.82) is 0 Å². The predicted octanol–water partition coefficient (Wildman–Crippen LogP) is 0.907. The summed E-state index contributed by atoms with van der Waals surface area (Å²) < 4.78 is 0. The van der Waals surface area contributed by atoms with Crippen molar-refractivity contribution in [3.63, 3.8) is 0 Å². The zero-order valence-corrected chi connectivity index (χ0v) is 6.96. The van der Waals surface area contributed by atoms with Crippen LogP contribution in [0, 0.1) is 5.92 Å². The highest BCUT2D eigenvalue weighted by Crippen LogP contribution is 2.09. The Morgan fingerprint density at radius 1 is 1.50 bits per heavy atom. The molecule has 0 rings (SSSR count). The van der Waals surface area contributed by atoms with E-state index in [4.69, 9.17) is 5.73 Å². The van der Waals surface area contributed by atoms with E-state index in [-0.39, 0.29) is 12.0 Å². The molecule has 2 atom stereocenters. The van der Waals surface area contributed by atoms with Gasteiger partial charge < -0.3 is 10.8 Å². The first kappa shape index (κ1) is 9.66. The van der Waals surface area contributed by atoms with E-state index in [2.05, 4.69) is 6.58 Å². The van der Waals surface area contributed by atoms with Crippen molar-refractivity contribution in [2.45, 2.75) is 32.9 Å². The lowest BCUT2D eigenvalue weighted by Gasteiger charge is -2.21. The van der Waals surface area contributed by atoms with Gasteiger partial charge in [-0.3, -0.25) is 0 Å². The lowest BCUT2D eigenvalue weighted by atomic mass is 9.96. The van der Waals surface area contributed by atoms with Gasteiger partial charge in [-0.2, -0.15) is 0 Å². The molecule has 0 fully saturated rings. The SMILES string of the molecule is C=C(C)[C@@H](N)C(O)C(C)C. The van der Waals surface area contributed by atoms with E-state index in [0.717, 1.165) is 5.57 Å². The fourth-order valence-corrected chi connectivity index (χ4v) is 0.706. The maximum absolute atomic E-state index is 9.38. The van der Waals surface area contributed by atoms with Crippen LogP contribution in [0.4, 0.5) is 0 Å². The highest BCUT2D eigenvalue weighted by atomic mass is 16.3. The molecule has 0 saturated carbocycles. The molecule has 2 heteroatoms. The topological polar surface area (TPSA) is 46.2 Å². The lowest BCUT2D eigenvalue weighted by molar-refractivity contribution is 0.109. The Hall–Kier alpha value is -0.340. The van der Waals surface area contributed by atoms with Gasteiger partial charge in [0.1, 0.15) is 0 Å². The molecule has 0 aliphatic rings. The summed E-state index contributed by atoms with van der Waals surface area (Å²) in [6.07, 6.45) is -0.461. The van der Waals surface area contributed by atoms with E-state index in [0.29, 0.717) is 0 Å². The molecule has 0 aliphatic carbocycles. The van der Waals surface area contributed by atoms with Crippen LogP contribution in [-0.2, 0) is 0 Å². The molecule has 3 N–H and O–H groups in total. The van der Waals surface area contributed by atoms with Crippen molar-refractivity contribution in [2.75, 3.05) is 0 Å². The Balaban J connectivity index is 3.94. The molecular weight excluding hydrogens is 126 g/mol. The molecule has 60 valence electrons. The molecule has 0 aliphatic heterocycles. The molecule has 0 heterocycles. The quantitative estimate of drug-likeness (QED) is 0.577. The standard InChI is InChI=1S/C8H17NO/c1-5(2)7(9)8(10)6(3)4/h6-8,10H,1,9H2,2-4H3/t7-,8?/m1/s1. The molecule has 0 saturated heterocycles. The Labute approximate surface area is 62.7 Å². The first-order valence-electron chi connectivity index (χ1n) is 3.56. The minimum absolute atomic E-state index is 0.201. The maximum atomic E-state index is 9.38. The Bertz CT molecular complexity index is 120. The van der Waals surface area contributed by atoms with Crippen molar-refractivity contribution >= 4 is 0 Å². The van der Waals surface area contributed by atoms with Gasteiger partial charge in [-0.15, -0.1) is 0 Å². The molecule has 0 radical (unpaired) electrons. The van der Waals surface area contributed by atoms with Crippen LogP contribution in [0.5, 0.6) is 0 Å². The number of rotatable bonds is 3. The normalized spacial score (nSPS) is 17.0. The van der Waals surface area contributed by atoms with Crippen LogP contribution in [0.1, 0.15) is 20.8 Å². The van der Waals surface area contributed by atoms with Gasteiger partial charge in [-0.25, -0.2) is 0 Å². The molecule has 0 bridgehead atoms. The minimum Gasteiger partial charge on any atom is -0.391 e. The number of hydrogen-bond acceptors (Lipinski definition) is 2. The van der Waals surface area contributed by atoms with Crippen molar-refractivity contribution in [2.24, 2.45) is 11.7 Å². The van der Waals surface area contributed by atoms with Gasteiger partial charge in [-0.1, -0.05) is 26.0 Å². The Morgan fingerprint density at radius 2 is 1.90 bits per heavy atom. The van der Waals surface area contributed by atoms with E-state index < -0.39 is 6.10 Å². The van der Waals surface area contributed by atoms with Crippen molar-refractivity contribution in [3.05, 3.63) is 12.2 Å². The van der Waals surface area contributed by atoms with E-state index in [9.17, 15) is 5.11 Å². The lowest BCUT2D eigenvalue weighted by Crippen LogP contribution is -2.38. The predicted molar refractivity (Wildman–Crippen MR) is 43.6 cm³/mol. The number of aliphatic hydroxyl groups is 1. The summed E-state index contributed by atoms with van der Waals surface area (Å²) in [5.74, 6) is 0.201. The monoisotopic (exact) mass is 143 g/mol. The summed E-state index contributed by atoms with van der Waals surface area (Å²) in [5, 5.41) is 9.38. The van der Waals surface area contributed by atoms with Gasteiger partial charge in [0.15, 0.2) is 0 Å². The molecule has 0 aromatic rings. The van der Waals surface area contributed by atoms with Crippen LogP contribution in [-0.4, -0.2) is 17.3 Å². The molecule has 0 spiro atoms. The molecule has 10 heavy (non-hydrogen) atoms. The molecule has 1 unspecified atom stereocenters. The van der Waals surface area contributed by atoms with Gasteiger partial charge in [0.2, 0.25) is 0 Å². The summed E-state index contributed by atoms with van der Waals surface area (Å²) >= 11 is 0. The third-order valence-electron chi connectivity index (χ3n) is 1.62. The van der Waals surface area contributed by atoms with Crippen LogP contribution in [0.3, 0.4) is 0 Å². The van der Waals surface area contributed by atoms with Crippen LogP contribution in [0.25, 0.3) is 0 Å². The van der Waals surface area contributed by atoms with E-state index >= 15 is 0 Å². The van der Waals surface area contributed by atoms with Crippen LogP contribution < -0.4 is 5.73 Å². The molecule has 0 aromatic heterocycles. The van der Waals surface area contributed by atoms with Gasteiger partial charge in [0.05, 0.1) is 12.1 Å². The summed E-state index contributed by atoms with van der Waals surface area (Å²) in [6, 6.07) is -0.278. The second kappa shape index (κ2) is 3.74.